The Morgan fingerprint density at radius 2 is 1.62 bits per heavy atom. The number of hydrogen-bond acceptors (Lipinski definition) is 5. The zero-order chi connectivity index (χ0) is 28.5. The smallest absolute Gasteiger partial charge is 0.300 e. The second-order valence-electron chi connectivity index (χ2n) is 10.9. The molecule has 6 nitrogen and oxygen atoms in total. The number of benzene rings is 3. The maximum absolute atomic E-state index is 13.6. The lowest BCUT2D eigenvalue weighted by molar-refractivity contribution is -0.132. The van der Waals surface area contributed by atoms with E-state index in [1.165, 1.54) is 4.90 Å². The Hall–Kier alpha value is -4.06. The van der Waals surface area contributed by atoms with Crippen molar-refractivity contribution in [1.82, 2.24) is 0 Å². The maximum Gasteiger partial charge on any atom is 0.300 e. The highest BCUT2D eigenvalue weighted by Crippen LogP contribution is 2.44. The molecule has 1 unspecified atom stereocenters. The molecular formula is C33H38N2O4. The predicted octanol–water partition coefficient (Wildman–Crippen LogP) is 6.77. The zero-order valence-electron chi connectivity index (χ0n) is 23.9. The number of Topliss-reactive ketones (excluding diaryl/α,β-unsaturated/α-hetero) is 1. The Morgan fingerprint density at radius 1 is 0.974 bits per heavy atom. The van der Waals surface area contributed by atoms with Crippen LogP contribution >= 0.6 is 0 Å². The van der Waals surface area contributed by atoms with Gasteiger partial charge in [-0.2, -0.15) is 0 Å². The first-order chi connectivity index (χ1) is 18.5. The molecule has 1 aliphatic heterocycles. The van der Waals surface area contributed by atoms with Gasteiger partial charge in [-0.25, -0.2) is 0 Å². The molecule has 204 valence electrons. The number of aryl methyl sites for hydroxylation is 1. The minimum absolute atomic E-state index is 0.0761. The molecule has 1 saturated heterocycles. The van der Waals surface area contributed by atoms with E-state index in [1.54, 1.807) is 19.2 Å². The molecule has 1 fully saturated rings. The molecule has 0 radical (unpaired) electrons. The second kappa shape index (κ2) is 11.0. The third-order valence-corrected chi connectivity index (χ3v) is 7.46. The largest absolute Gasteiger partial charge is 0.507 e. The van der Waals surface area contributed by atoms with E-state index in [0.717, 1.165) is 35.5 Å². The third-order valence-electron chi connectivity index (χ3n) is 7.46. The number of aliphatic hydroxyl groups is 1. The molecule has 0 saturated carbocycles. The average Bonchev–Trinajstić information content (AvgIpc) is 3.18. The number of nitrogens with zero attached hydrogens (tertiary/aromatic N) is 2. The maximum atomic E-state index is 13.6. The quantitative estimate of drug-likeness (QED) is 0.209. The third kappa shape index (κ3) is 5.16. The van der Waals surface area contributed by atoms with Crippen LogP contribution in [0.5, 0.6) is 5.75 Å². The van der Waals surface area contributed by atoms with Crippen LogP contribution < -0.4 is 14.5 Å². The number of ketones is 1. The first-order valence-electron chi connectivity index (χ1n) is 13.4. The van der Waals surface area contributed by atoms with E-state index in [9.17, 15) is 14.7 Å². The van der Waals surface area contributed by atoms with Gasteiger partial charge in [-0.3, -0.25) is 14.5 Å². The lowest BCUT2D eigenvalue weighted by Gasteiger charge is -2.28. The van der Waals surface area contributed by atoms with Crippen LogP contribution in [-0.4, -0.2) is 37.0 Å². The molecule has 39 heavy (non-hydrogen) atoms. The summed E-state index contributed by atoms with van der Waals surface area (Å²) in [5.74, 6) is -0.869. The molecular weight excluding hydrogens is 488 g/mol. The summed E-state index contributed by atoms with van der Waals surface area (Å²) in [4.78, 5) is 31.0. The summed E-state index contributed by atoms with van der Waals surface area (Å²) < 4.78 is 5.56. The molecule has 0 spiro atoms. The first-order valence-corrected chi connectivity index (χ1v) is 13.4. The van der Waals surface area contributed by atoms with Crippen molar-refractivity contribution < 1.29 is 19.4 Å². The minimum atomic E-state index is -0.773. The van der Waals surface area contributed by atoms with E-state index in [2.05, 4.69) is 39.5 Å². The monoisotopic (exact) mass is 526 g/mol. The molecule has 1 amide bonds. The second-order valence-corrected chi connectivity index (χ2v) is 10.9. The van der Waals surface area contributed by atoms with E-state index in [1.807, 2.05) is 61.5 Å². The SMILES string of the molecule is CCN(CC)c1ccc(N2C(=O)C(=O)/C(=C(/O)c3ccc(OC)c(C(C)(C)C)c3)C2c2ccccc2C)cc1. The number of hydrogen-bond donors (Lipinski definition) is 1. The number of methoxy groups -OCH3 is 1. The summed E-state index contributed by atoms with van der Waals surface area (Å²) in [5.41, 5.74) is 4.52. The van der Waals surface area contributed by atoms with Crippen LogP contribution in [-0.2, 0) is 15.0 Å². The lowest BCUT2D eigenvalue weighted by atomic mass is 9.84. The number of carbonyl (C=O) groups is 2. The fourth-order valence-electron chi connectivity index (χ4n) is 5.30. The van der Waals surface area contributed by atoms with Gasteiger partial charge in [-0.1, -0.05) is 45.0 Å². The summed E-state index contributed by atoms with van der Waals surface area (Å²) in [6, 6.07) is 19.9. The lowest BCUT2D eigenvalue weighted by Crippen LogP contribution is -2.30. The molecule has 3 aromatic carbocycles. The van der Waals surface area contributed by atoms with Gasteiger partial charge in [-0.05, 0) is 79.8 Å². The van der Waals surface area contributed by atoms with Gasteiger partial charge in [0.15, 0.2) is 0 Å². The summed E-state index contributed by atoms with van der Waals surface area (Å²) in [5, 5.41) is 11.7. The Kier molecular flexibility index (Phi) is 7.86. The molecule has 3 aromatic rings. The van der Waals surface area contributed by atoms with Gasteiger partial charge in [0.05, 0.1) is 18.7 Å². The molecule has 1 heterocycles. The number of aliphatic hydroxyl groups excluding tert-OH is 1. The van der Waals surface area contributed by atoms with Crippen molar-refractivity contribution in [3.8, 4) is 5.75 Å². The fraction of sp³-hybridized carbons (Fsp3) is 0.333. The normalized spacial score (nSPS) is 17.0. The molecule has 0 aliphatic carbocycles. The predicted molar refractivity (Wildman–Crippen MR) is 158 cm³/mol. The highest BCUT2D eigenvalue weighted by atomic mass is 16.5. The first kappa shape index (κ1) is 28.0. The van der Waals surface area contributed by atoms with Crippen LogP contribution in [0.3, 0.4) is 0 Å². The van der Waals surface area contributed by atoms with Crippen LogP contribution in [0.25, 0.3) is 5.76 Å². The van der Waals surface area contributed by atoms with Crippen molar-refractivity contribution in [3.63, 3.8) is 0 Å². The highest BCUT2D eigenvalue weighted by molar-refractivity contribution is 6.51. The van der Waals surface area contributed by atoms with Crippen molar-refractivity contribution in [2.45, 2.75) is 53.0 Å². The van der Waals surface area contributed by atoms with E-state index in [-0.39, 0.29) is 16.7 Å². The van der Waals surface area contributed by atoms with Gasteiger partial charge in [-0.15, -0.1) is 0 Å². The average molecular weight is 527 g/mol. The zero-order valence-corrected chi connectivity index (χ0v) is 23.9. The summed E-state index contributed by atoms with van der Waals surface area (Å²) in [7, 11) is 1.61. The van der Waals surface area contributed by atoms with Gasteiger partial charge >= 0.3 is 0 Å². The van der Waals surface area contributed by atoms with Crippen molar-refractivity contribution in [3.05, 3.63) is 94.6 Å². The molecule has 4 rings (SSSR count). The van der Waals surface area contributed by atoms with Crippen LogP contribution in [0, 0.1) is 6.92 Å². The molecule has 0 aromatic heterocycles. The van der Waals surface area contributed by atoms with Crippen LogP contribution in [0.1, 0.15) is 62.9 Å². The summed E-state index contributed by atoms with van der Waals surface area (Å²) >= 11 is 0. The molecule has 1 atom stereocenters. The number of ether oxygens (including phenoxy) is 1. The van der Waals surface area contributed by atoms with Crippen molar-refractivity contribution >= 4 is 28.8 Å². The van der Waals surface area contributed by atoms with Gasteiger partial charge in [0.2, 0.25) is 0 Å². The van der Waals surface area contributed by atoms with E-state index < -0.39 is 17.7 Å². The number of anilines is 2. The van der Waals surface area contributed by atoms with Gasteiger partial charge in [0, 0.05) is 35.6 Å². The Balaban J connectivity index is 1.92. The summed E-state index contributed by atoms with van der Waals surface area (Å²) in [6.45, 7) is 14.0. The molecule has 6 heteroatoms. The standard InChI is InChI=1S/C33H38N2O4/c1-8-34(9-2)23-15-17-24(18-16-23)35-29(25-13-11-10-12-21(25)3)28(31(37)32(35)38)30(36)22-14-19-27(39-7)26(20-22)33(4,5)6/h10-20,29,36H,8-9H2,1-7H3/b30-28+. The number of carbonyl (C=O) groups excluding carboxylic acids is 2. The number of rotatable bonds is 7. The topological polar surface area (TPSA) is 70.1 Å². The van der Waals surface area contributed by atoms with Gasteiger partial charge in [0.1, 0.15) is 11.5 Å². The van der Waals surface area contributed by atoms with Crippen LogP contribution in [0.15, 0.2) is 72.3 Å². The molecule has 0 bridgehead atoms. The fourth-order valence-corrected chi connectivity index (χ4v) is 5.30. The molecule has 1 aliphatic rings. The van der Waals surface area contributed by atoms with E-state index >= 15 is 0 Å². The van der Waals surface area contributed by atoms with Crippen molar-refractivity contribution in [1.29, 1.82) is 0 Å². The molecule has 1 N–H and O–H groups in total. The summed E-state index contributed by atoms with van der Waals surface area (Å²) in [6.07, 6.45) is 0. The Bertz CT molecular complexity index is 1410. The van der Waals surface area contributed by atoms with Crippen molar-refractivity contribution in [2.24, 2.45) is 0 Å². The van der Waals surface area contributed by atoms with Crippen LogP contribution in [0.2, 0.25) is 0 Å². The number of amides is 1. The van der Waals surface area contributed by atoms with Crippen LogP contribution in [0.4, 0.5) is 11.4 Å². The Labute approximate surface area is 231 Å². The highest BCUT2D eigenvalue weighted by Gasteiger charge is 2.47. The van der Waals surface area contributed by atoms with Gasteiger partial charge in [0.25, 0.3) is 11.7 Å². The van der Waals surface area contributed by atoms with Gasteiger partial charge < -0.3 is 14.7 Å². The Morgan fingerprint density at radius 3 is 2.18 bits per heavy atom. The minimum Gasteiger partial charge on any atom is -0.507 e. The van der Waals surface area contributed by atoms with Crippen molar-refractivity contribution in [2.75, 3.05) is 30.0 Å². The van der Waals surface area contributed by atoms with E-state index in [0.29, 0.717) is 17.0 Å². The van der Waals surface area contributed by atoms with E-state index in [4.69, 9.17) is 4.74 Å².